The van der Waals surface area contributed by atoms with Crippen molar-refractivity contribution >= 4 is 5.69 Å². The quantitative estimate of drug-likeness (QED) is 0.774. The molecule has 0 bridgehead atoms. The minimum Gasteiger partial charge on any atom is -0.489 e. The van der Waals surface area contributed by atoms with E-state index >= 15 is 0 Å². The molecule has 0 saturated heterocycles. The second-order valence-electron chi connectivity index (χ2n) is 4.97. The molecule has 20 heavy (non-hydrogen) atoms. The van der Waals surface area contributed by atoms with E-state index in [0.717, 1.165) is 25.3 Å². The summed E-state index contributed by atoms with van der Waals surface area (Å²) in [7, 11) is 0. The van der Waals surface area contributed by atoms with Crippen LogP contribution in [-0.4, -0.2) is 13.1 Å². The highest BCUT2D eigenvalue weighted by Crippen LogP contribution is 2.21. The molecule has 0 fully saturated rings. The summed E-state index contributed by atoms with van der Waals surface area (Å²) in [4.78, 5) is 2.38. The molecular weight excluding hydrogens is 246 g/mol. The van der Waals surface area contributed by atoms with Gasteiger partial charge in [-0.1, -0.05) is 42.5 Å². The summed E-state index contributed by atoms with van der Waals surface area (Å²) in [5, 5.41) is 0. The number of hydrogen-bond acceptors (Lipinski definition) is 2. The first kappa shape index (κ1) is 12.8. The van der Waals surface area contributed by atoms with Crippen LogP contribution in [0.5, 0.6) is 5.75 Å². The van der Waals surface area contributed by atoms with Crippen molar-refractivity contribution < 1.29 is 4.74 Å². The van der Waals surface area contributed by atoms with Crippen LogP contribution in [0.15, 0.2) is 66.7 Å². The molecule has 0 aromatic heterocycles. The predicted molar refractivity (Wildman–Crippen MR) is 83.2 cm³/mol. The Morgan fingerprint density at radius 2 is 1.70 bits per heavy atom. The summed E-state index contributed by atoms with van der Waals surface area (Å²) in [6.07, 6.45) is 5.60. The Labute approximate surface area is 120 Å². The lowest BCUT2D eigenvalue weighted by atomic mass is 10.2. The molecule has 1 heterocycles. The van der Waals surface area contributed by atoms with Crippen LogP contribution in [0.3, 0.4) is 0 Å². The molecule has 0 radical (unpaired) electrons. The monoisotopic (exact) mass is 265 g/mol. The standard InChI is InChI=1S/C18H19NO/c1-3-7-16(8-4-1)15-20-18-11-9-17(10-12-18)19-13-5-2-6-14-19/h1-5,7-12H,6,13-15H2. The zero-order chi connectivity index (χ0) is 13.6. The fraction of sp³-hybridized carbons (Fsp3) is 0.222. The van der Waals surface area contributed by atoms with Gasteiger partial charge in [-0.2, -0.15) is 0 Å². The number of hydrogen-bond donors (Lipinski definition) is 0. The Kier molecular flexibility index (Phi) is 4.02. The molecule has 0 atom stereocenters. The summed E-state index contributed by atoms with van der Waals surface area (Å²) in [5.74, 6) is 0.921. The van der Waals surface area contributed by atoms with Gasteiger partial charge in [0.1, 0.15) is 12.4 Å². The molecule has 3 rings (SSSR count). The molecule has 102 valence electrons. The van der Waals surface area contributed by atoms with Crippen molar-refractivity contribution in [3.63, 3.8) is 0 Å². The minimum atomic E-state index is 0.618. The van der Waals surface area contributed by atoms with Crippen molar-refractivity contribution in [2.24, 2.45) is 0 Å². The van der Waals surface area contributed by atoms with Gasteiger partial charge in [0.15, 0.2) is 0 Å². The second-order valence-corrected chi connectivity index (χ2v) is 4.97. The van der Waals surface area contributed by atoms with Crippen molar-refractivity contribution in [1.82, 2.24) is 0 Å². The van der Waals surface area contributed by atoms with Crippen molar-refractivity contribution in [1.29, 1.82) is 0 Å². The molecule has 0 amide bonds. The summed E-state index contributed by atoms with van der Waals surface area (Å²) in [6, 6.07) is 18.6. The highest BCUT2D eigenvalue weighted by atomic mass is 16.5. The highest BCUT2D eigenvalue weighted by molar-refractivity contribution is 5.50. The van der Waals surface area contributed by atoms with E-state index < -0.39 is 0 Å². The van der Waals surface area contributed by atoms with Gasteiger partial charge in [-0.15, -0.1) is 0 Å². The third-order valence-electron chi connectivity index (χ3n) is 3.51. The van der Waals surface area contributed by atoms with Crippen molar-refractivity contribution in [3.8, 4) is 5.75 Å². The van der Waals surface area contributed by atoms with Gasteiger partial charge in [0.2, 0.25) is 0 Å². The predicted octanol–water partition coefficient (Wildman–Crippen LogP) is 4.03. The van der Waals surface area contributed by atoms with E-state index in [4.69, 9.17) is 4.74 Å². The third kappa shape index (κ3) is 3.21. The van der Waals surface area contributed by atoms with Crippen LogP contribution in [0.2, 0.25) is 0 Å². The summed E-state index contributed by atoms with van der Waals surface area (Å²) in [5.41, 5.74) is 2.46. The van der Waals surface area contributed by atoms with Gasteiger partial charge in [0, 0.05) is 18.8 Å². The van der Waals surface area contributed by atoms with Crippen molar-refractivity contribution in [3.05, 3.63) is 72.3 Å². The number of ether oxygens (including phenoxy) is 1. The number of anilines is 1. The first-order chi connectivity index (χ1) is 9.92. The zero-order valence-electron chi connectivity index (χ0n) is 11.5. The molecule has 0 aliphatic carbocycles. The molecule has 0 saturated carbocycles. The van der Waals surface area contributed by atoms with Crippen LogP contribution in [0.4, 0.5) is 5.69 Å². The topological polar surface area (TPSA) is 12.5 Å². The van der Waals surface area contributed by atoms with Gasteiger partial charge in [0.25, 0.3) is 0 Å². The Morgan fingerprint density at radius 1 is 0.900 bits per heavy atom. The van der Waals surface area contributed by atoms with Crippen molar-refractivity contribution in [2.75, 3.05) is 18.0 Å². The van der Waals surface area contributed by atoms with Crippen LogP contribution >= 0.6 is 0 Å². The zero-order valence-corrected chi connectivity index (χ0v) is 11.5. The molecule has 0 spiro atoms. The first-order valence-corrected chi connectivity index (χ1v) is 7.08. The second kappa shape index (κ2) is 6.29. The fourth-order valence-electron chi connectivity index (χ4n) is 2.37. The summed E-state index contributed by atoms with van der Waals surface area (Å²) >= 11 is 0. The molecular formula is C18H19NO. The molecule has 0 unspecified atom stereocenters. The third-order valence-corrected chi connectivity index (χ3v) is 3.51. The van der Waals surface area contributed by atoms with Gasteiger partial charge in [0.05, 0.1) is 0 Å². The fourth-order valence-corrected chi connectivity index (χ4v) is 2.37. The van der Waals surface area contributed by atoms with E-state index in [2.05, 4.69) is 53.5 Å². The Balaban J connectivity index is 1.60. The molecule has 2 nitrogen and oxygen atoms in total. The summed E-state index contributed by atoms with van der Waals surface area (Å²) in [6.45, 7) is 2.72. The molecule has 0 N–H and O–H groups in total. The number of rotatable bonds is 4. The average Bonchev–Trinajstić information content (AvgIpc) is 2.55. The van der Waals surface area contributed by atoms with Crippen LogP contribution in [0, 0.1) is 0 Å². The van der Waals surface area contributed by atoms with Gasteiger partial charge in [-0.3, -0.25) is 0 Å². The van der Waals surface area contributed by atoms with E-state index in [1.807, 2.05) is 18.2 Å². The smallest absolute Gasteiger partial charge is 0.119 e. The maximum absolute atomic E-state index is 5.80. The number of nitrogens with zero attached hydrogens (tertiary/aromatic N) is 1. The molecule has 2 aromatic rings. The maximum Gasteiger partial charge on any atom is 0.119 e. The highest BCUT2D eigenvalue weighted by Gasteiger charge is 2.07. The van der Waals surface area contributed by atoms with E-state index in [0.29, 0.717) is 6.61 Å². The van der Waals surface area contributed by atoms with Crippen LogP contribution < -0.4 is 9.64 Å². The molecule has 2 aromatic carbocycles. The van der Waals surface area contributed by atoms with Gasteiger partial charge >= 0.3 is 0 Å². The van der Waals surface area contributed by atoms with Crippen LogP contribution in [0.25, 0.3) is 0 Å². The summed E-state index contributed by atoms with van der Waals surface area (Å²) < 4.78 is 5.80. The Hall–Kier alpha value is -2.22. The number of benzene rings is 2. The minimum absolute atomic E-state index is 0.618. The van der Waals surface area contributed by atoms with Crippen molar-refractivity contribution in [2.45, 2.75) is 13.0 Å². The van der Waals surface area contributed by atoms with Gasteiger partial charge in [-0.05, 0) is 36.2 Å². The molecule has 2 heteroatoms. The van der Waals surface area contributed by atoms with Crippen LogP contribution in [0.1, 0.15) is 12.0 Å². The Morgan fingerprint density at radius 3 is 2.40 bits per heavy atom. The lowest BCUT2D eigenvalue weighted by Crippen LogP contribution is -2.26. The van der Waals surface area contributed by atoms with Gasteiger partial charge in [-0.25, -0.2) is 0 Å². The van der Waals surface area contributed by atoms with E-state index in [1.54, 1.807) is 0 Å². The normalized spacial score (nSPS) is 14.3. The average molecular weight is 265 g/mol. The molecule has 1 aliphatic heterocycles. The van der Waals surface area contributed by atoms with Gasteiger partial charge < -0.3 is 9.64 Å². The van der Waals surface area contributed by atoms with E-state index in [1.165, 1.54) is 11.3 Å². The van der Waals surface area contributed by atoms with Crippen LogP contribution in [-0.2, 0) is 6.61 Å². The first-order valence-electron chi connectivity index (χ1n) is 7.08. The van der Waals surface area contributed by atoms with E-state index in [9.17, 15) is 0 Å². The maximum atomic E-state index is 5.80. The largest absolute Gasteiger partial charge is 0.489 e. The van der Waals surface area contributed by atoms with E-state index in [-0.39, 0.29) is 0 Å². The lowest BCUT2D eigenvalue weighted by Gasteiger charge is -2.25. The Bertz CT molecular complexity index is 560. The SMILES string of the molecule is C1=CCN(c2ccc(OCc3ccccc3)cc2)CC1. The lowest BCUT2D eigenvalue weighted by molar-refractivity contribution is 0.306. The molecule has 1 aliphatic rings.